The Hall–Kier alpha value is -0.253. The molecule has 0 saturated heterocycles. The van der Waals surface area contributed by atoms with Crippen LogP contribution >= 0.6 is 71.2 Å². The van der Waals surface area contributed by atoms with Crippen molar-refractivity contribution in [1.82, 2.24) is 0 Å². The molecule has 0 atom stereocenters. The summed E-state index contributed by atoms with van der Waals surface area (Å²) in [4.78, 5) is 0. The molecule has 0 N–H and O–H groups in total. The molecule has 10 heteroatoms. The molecule has 0 radical (unpaired) electrons. The third kappa shape index (κ3) is 6.54. The van der Waals surface area contributed by atoms with Crippen LogP contribution < -0.4 is 25.3 Å². The molecule has 0 aliphatic heterocycles. The van der Waals surface area contributed by atoms with Gasteiger partial charge in [0.25, 0.3) is 0 Å². The van der Waals surface area contributed by atoms with Gasteiger partial charge < -0.3 is 18.9 Å². The van der Waals surface area contributed by atoms with E-state index >= 15 is 0 Å². The van der Waals surface area contributed by atoms with E-state index in [-0.39, 0.29) is 13.6 Å². The van der Waals surface area contributed by atoms with Crippen LogP contribution in [0.3, 0.4) is 0 Å². The van der Waals surface area contributed by atoms with Crippen molar-refractivity contribution >= 4 is 94.7 Å². The number of halogens is 4. The fraction of sp³-hybridized carbons (Fsp3) is 0.250. The first-order chi connectivity index (χ1) is 16.2. The Morgan fingerprint density at radius 1 is 0.706 bits per heavy atom. The Bertz CT molecular complexity index is 1070. The molecule has 0 aliphatic carbocycles. The Kier molecular flexibility index (Phi) is 10.7. The molecular formula is C24H25Br4O4PSi. The molecule has 0 aliphatic rings. The molecule has 0 fully saturated rings. The number of rotatable bonds is 10. The standard InChI is InChI=1S/C24H25Br4O4PSi/c1-29-14-31-23-19(27)10-16(25)12-21(23)33(34(3,4)18-8-6-5-7-9-18)22-13-17(26)11-20(28)24(22)32-15-30-2/h5-13H,14-15H2,1-4H3. The number of methoxy groups -OCH3 is 2. The zero-order valence-corrected chi connectivity index (χ0v) is 27.4. The van der Waals surface area contributed by atoms with Gasteiger partial charge in [-0.1, -0.05) is 80.5 Å². The second-order valence-corrected chi connectivity index (χ2v) is 21.4. The van der Waals surface area contributed by atoms with Gasteiger partial charge in [-0.3, -0.25) is 0 Å². The van der Waals surface area contributed by atoms with Crippen molar-refractivity contribution in [3.8, 4) is 11.5 Å². The van der Waals surface area contributed by atoms with Crippen LogP contribution in [-0.4, -0.2) is 35.5 Å². The van der Waals surface area contributed by atoms with Gasteiger partial charge >= 0.3 is 0 Å². The van der Waals surface area contributed by atoms with Crippen molar-refractivity contribution in [2.24, 2.45) is 0 Å². The lowest BCUT2D eigenvalue weighted by Crippen LogP contribution is -2.45. The third-order valence-corrected chi connectivity index (χ3v) is 17.3. The van der Waals surface area contributed by atoms with Gasteiger partial charge in [0.2, 0.25) is 0 Å². The maximum absolute atomic E-state index is 6.15. The predicted molar refractivity (Wildman–Crippen MR) is 158 cm³/mol. The molecule has 0 saturated carbocycles. The number of hydrogen-bond acceptors (Lipinski definition) is 4. The Labute approximate surface area is 236 Å². The highest BCUT2D eigenvalue weighted by atomic mass is 79.9. The van der Waals surface area contributed by atoms with Gasteiger partial charge in [-0.05, 0) is 63.6 Å². The molecule has 0 aromatic heterocycles. The second kappa shape index (κ2) is 12.8. The van der Waals surface area contributed by atoms with Crippen LogP contribution in [0.25, 0.3) is 0 Å². The minimum Gasteiger partial charge on any atom is -0.466 e. The van der Waals surface area contributed by atoms with Crippen LogP contribution in [0.15, 0.2) is 72.5 Å². The minimum absolute atomic E-state index is 0.152. The monoisotopic (exact) mass is 752 g/mol. The van der Waals surface area contributed by atoms with E-state index in [0.29, 0.717) is 0 Å². The zero-order valence-electron chi connectivity index (χ0n) is 19.2. The molecule has 0 amide bonds. The lowest BCUT2D eigenvalue weighted by molar-refractivity contribution is 0.0513. The highest BCUT2D eigenvalue weighted by molar-refractivity contribution is 9.11. The quantitative estimate of drug-likeness (QED) is 0.124. The molecule has 182 valence electrons. The van der Waals surface area contributed by atoms with Crippen LogP contribution in [0.5, 0.6) is 11.5 Å². The van der Waals surface area contributed by atoms with Crippen molar-refractivity contribution in [2.75, 3.05) is 27.8 Å². The van der Waals surface area contributed by atoms with E-state index in [9.17, 15) is 0 Å². The lowest BCUT2D eigenvalue weighted by atomic mass is 10.3. The number of hydrogen-bond donors (Lipinski definition) is 0. The molecule has 0 bridgehead atoms. The molecule has 3 aromatic carbocycles. The molecule has 3 aromatic rings. The van der Waals surface area contributed by atoms with E-state index in [0.717, 1.165) is 40.0 Å². The van der Waals surface area contributed by atoms with Crippen LogP contribution in [0.4, 0.5) is 0 Å². The van der Waals surface area contributed by atoms with Gasteiger partial charge in [-0.2, -0.15) is 0 Å². The Balaban J connectivity index is 2.38. The molecule has 0 unspecified atom stereocenters. The third-order valence-electron chi connectivity index (χ3n) is 5.14. The molecule has 0 heterocycles. The molecule has 0 spiro atoms. The van der Waals surface area contributed by atoms with Crippen LogP contribution in [0, 0.1) is 0 Å². The SMILES string of the molecule is COCOc1c(Br)cc(Br)cc1P(c1cc(Br)cc(Br)c1OCOC)[Si](C)(C)c1ccccc1. The second-order valence-electron chi connectivity index (χ2n) is 7.83. The lowest BCUT2D eigenvalue weighted by Gasteiger charge is -2.36. The van der Waals surface area contributed by atoms with Gasteiger partial charge in [0.15, 0.2) is 13.6 Å². The van der Waals surface area contributed by atoms with E-state index in [2.05, 4.69) is 119 Å². The summed E-state index contributed by atoms with van der Waals surface area (Å²) in [6, 6.07) is 19.0. The summed E-state index contributed by atoms with van der Waals surface area (Å²) < 4.78 is 26.5. The van der Waals surface area contributed by atoms with Crippen LogP contribution in [0.1, 0.15) is 0 Å². The summed E-state index contributed by atoms with van der Waals surface area (Å²) in [5.74, 6) is 1.56. The summed E-state index contributed by atoms with van der Waals surface area (Å²) in [5.41, 5.74) is 0. The first-order valence-corrected chi connectivity index (χ1v) is 18.6. The smallest absolute Gasteiger partial charge is 0.188 e. The van der Waals surface area contributed by atoms with Crippen molar-refractivity contribution < 1.29 is 18.9 Å². The Morgan fingerprint density at radius 2 is 1.15 bits per heavy atom. The van der Waals surface area contributed by atoms with Crippen molar-refractivity contribution in [3.05, 3.63) is 72.5 Å². The Morgan fingerprint density at radius 3 is 1.56 bits per heavy atom. The molecule has 4 nitrogen and oxygen atoms in total. The van der Waals surface area contributed by atoms with Gasteiger partial charge in [0.1, 0.15) is 19.2 Å². The van der Waals surface area contributed by atoms with Crippen molar-refractivity contribution in [2.45, 2.75) is 13.1 Å². The zero-order chi connectivity index (χ0) is 24.9. The fourth-order valence-electron chi connectivity index (χ4n) is 3.65. The van der Waals surface area contributed by atoms with E-state index in [1.54, 1.807) is 14.2 Å². The highest BCUT2D eigenvalue weighted by Gasteiger charge is 2.40. The summed E-state index contributed by atoms with van der Waals surface area (Å²) in [5, 5.41) is 3.57. The van der Waals surface area contributed by atoms with E-state index < -0.39 is 15.2 Å². The van der Waals surface area contributed by atoms with Crippen LogP contribution in [0.2, 0.25) is 13.1 Å². The van der Waals surface area contributed by atoms with Crippen molar-refractivity contribution in [1.29, 1.82) is 0 Å². The van der Waals surface area contributed by atoms with Crippen LogP contribution in [-0.2, 0) is 9.47 Å². The summed E-state index contributed by atoms with van der Waals surface area (Å²) in [6.45, 7) is 5.10. The average molecular weight is 756 g/mol. The van der Waals surface area contributed by atoms with E-state index in [4.69, 9.17) is 18.9 Å². The summed E-state index contributed by atoms with van der Waals surface area (Å²) in [6.07, 6.45) is 0. The number of benzene rings is 3. The summed E-state index contributed by atoms with van der Waals surface area (Å²) >= 11 is 14.9. The molecule has 3 rings (SSSR count). The van der Waals surface area contributed by atoms with Gasteiger partial charge in [-0.15, -0.1) is 0 Å². The topological polar surface area (TPSA) is 36.9 Å². The fourth-order valence-corrected chi connectivity index (χ4v) is 16.9. The minimum atomic E-state index is -2.18. The first kappa shape index (κ1) is 28.3. The first-order valence-electron chi connectivity index (χ1n) is 10.3. The van der Waals surface area contributed by atoms with E-state index in [1.165, 1.54) is 5.19 Å². The number of ether oxygens (including phenoxy) is 4. The van der Waals surface area contributed by atoms with Gasteiger partial charge in [0, 0.05) is 33.8 Å². The molecular weight excluding hydrogens is 731 g/mol. The van der Waals surface area contributed by atoms with Crippen molar-refractivity contribution in [3.63, 3.8) is 0 Å². The average Bonchev–Trinajstić information content (AvgIpc) is 2.78. The highest BCUT2D eigenvalue weighted by Crippen LogP contribution is 2.52. The largest absolute Gasteiger partial charge is 0.466 e. The molecule has 34 heavy (non-hydrogen) atoms. The predicted octanol–water partition coefficient (Wildman–Crippen LogP) is 7.25. The maximum atomic E-state index is 6.15. The maximum Gasteiger partial charge on any atom is 0.188 e. The summed E-state index contributed by atoms with van der Waals surface area (Å²) in [7, 11) is 0.114. The normalized spacial score (nSPS) is 11.7. The van der Waals surface area contributed by atoms with Gasteiger partial charge in [-0.25, -0.2) is 0 Å². The van der Waals surface area contributed by atoms with Gasteiger partial charge in [0.05, 0.1) is 8.95 Å². The van der Waals surface area contributed by atoms with E-state index in [1.807, 2.05) is 12.1 Å².